The summed E-state index contributed by atoms with van der Waals surface area (Å²) in [6.07, 6.45) is 4.63. The molecule has 0 saturated carbocycles. The van der Waals surface area contributed by atoms with E-state index in [2.05, 4.69) is 21.6 Å². The lowest BCUT2D eigenvalue weighted by atomic mass is 10.1. The van der Waals surface area contributed by atoms with E-state index in [0.29, 0.717) is 18.8 Å². The van der Waals surface area contributed by atoms with E-state index in [1.165, 1.54) is 0 Å². The van der Waals surface area contributed by atoms with Gasteiger partial charge in [0.15, 0.2) is 0 Å². The smallest absolute Gasteiger partial charge is 0.233 e. The van der Waals surface area contributed by atoms with Crippen molar-refractivity contribution in [2.75, 3.05) is 22.3 Å². The minimum Gasteiger partial charge on any atom is -0.380 e. The maximum absolute atomic E-state index is 12.1. The van der Waals surface area contributed by atoms with E-state index in [1.54, 1.807) is 24.4 Å². The van der Waals surface area contributed by atoms with Crippen LogP contribution in [-0.2, 0) is 16.4 Å². The molecule has 0 aliphatic carbocycles. The topological polar surface area (TPSA) is 71.1 Å². The number of hydrogen-bond donors (Lipinski definition) is 2. The molecule has 0 fully saturated rings. The first-order chi connectivity index (χ1) is 11.1. The lowest BCUT2D eigenvalue weighted by molar-refractivity contribution is 0.598. The van der Waals surface area contributed by atoms with Crippen LogP contribution in [0.25, 0.3) is 0 Å². The second kappa shape index (κ2) is 8.33. The zero-order valence-electron chi connectivity index (χ0n) is 12.9. The number of aryl methyl sites for hydroxylation is 1. The van der Waals surface area contributed by atoms with Crippen molar-refractivity contribution in [1.29, 1.82) is 0 Å². The van der Waals surface area contributed by atoms with E-state index >= 15 is 0 Å². The lowest BCUT2D eigenvalue weighted by Crippen LogP contribution is -2.18. The highest BCUT2D eigenvalue weighted by atomic mass is 32.2. The van der Waals surface area contributed by atoms with Crippen molar-refractivity contribution in [3.63, 3.8) is 0 Å². The number of pyridine rings is 1. The Balaban J connectivity index is 1.84. The molecule has 0 saturated heterocycles. The van der Waals surface area contributed by atoms with E-state index in [1.807, 2.05) is 30.3 Å². The fraction of sp³-hybridized carbons (Fsp3) is 0.235. The minimum absolute atomic E-state index is 0.0695. The van der Waals surface area contributed by atoms with Gasteiger partial charge in [-0.2, -0.15) is 0 Å². The highest BCUT2D eigenvalue weighted by Gasteiger charge is 2.11. The molecule has 23 heavy (non-hydrogen) atoms. The van der Waals surface area contributed by atoms with Crippen LogP contribution >= 0.6 is 0 Å². The van der Waals surface area contributed by atoms with Crippen LogP contribution in [-0.4, -0.2) is 25.7 Å². The average molecular weight is 331 g/mol. The Hall–Kier alpha value is -2.34. The van der Waals surface area contributed by atoms with Gasteiger partial charge in [-0.25, -0.2) is 13.4 Å². The monoisotopic (exact) mass is 331 g/mol. The fourth-order valence-corrected chi connectivity index (χ4v) is 3.14. The molecule has 2 aromatic rings. The van der Waals surface area contributed by atoms with Crippen LogP contribution in [0.1, 0.15) is 12.0 Å². The van der Waals surface area contributed by atoms with Crippen LogP contribution in [0.3, 0.4) is 0 Å². The molecule has 5 nitrogen and oxygen atoms in total. The first-order valence-corrected chi connectivity index (χ1v) is 9.09. The van der Waals surface area contributed by atoms with E-state index in [9.17, 15) is 8.42 Å². The maximum atomic E-state index is 12.1. The third-order valence-corrected chi connectivity index (χ3v) is 4.54. The molecule has 0 unspecified atom stereocenters. The van der Waals surface area contributed by atoms with Crippen molar-refractivity contribution in [2.24, 2.45) is 0 Å². The fourth-order valence-electron chi connectivity index (χ4n) is 2.07. The van der Waals surface area contributed by atoms with Crippen LogP contribution in [0, 0.1) is 0 Å². The molecular formula is C17H21N3O2S. The Morgan fingerprint density at radius 3 is 2.57 bits per heavy atom. The van der Waals surface area contributed by atoms with Gasteiger partial charge >= 0.3 is 0 Å². The molecule has 0 spiro atoms. The zero-order chi connectivity index (χ0) is 16.5. The molecule has 1 heterocycles. The lowest BCUT2D eigenvalue weighted by Gasteiger charge is -2.08. The summed E-state index contributed by atoms with van der Waals surface area (Å²) in [5.41, 5.74) is 1.95. The van der Waals surface area contributed by atoms with Crippen LogP contribution in [0.4, 0.5) is 11.5 Å². The summed E-state index contributed by atoms with van der Waals surface area (Å²) < 4.78 is 26.6. The summed E-state index contributed by atoms with van der Waals surface area (Å²) in [4.78, 5) is 4.10. The quantitative estimate of drug-likeness (QED) is 0.693. The average Bonchev–Trinajstić information content (AvgIpc) is 2.55. The van der Waals surface area contributed by atoms with Gasteiger partial charge in [-0.3, -0.25) is 4.72 Å². The van der Waals surface area contributed by atoms with Gasteiger partial charge < -0.3 is 5.32 Å². The van der Waals surface area contributed by atoms with Crippen LogP contribution in [0.2, 0.25) is 0 Å². The summed E-state index contributed by atoms with van der Waals surface area (Å²) in [5, 5.41) is 3.08. The van der Waals surface area contributed by atoms with E-state index in [4.69, 9.17) is 0 Å². The second-order valence-electron chi connectivity index (χ2n) is 5.11. The Bertz CT molecular complexity index is 713. The largest absolute Gasteiger partial charge is 0.380 e. The molecular weight excluding hydrogens is 310 g/mol. The molecule has 2 N–H and O–H groups in total. The number of hydrogen-bond acceptors (Lipinski definition) is 4. The summed E-state index contributed by atoms with van der Waals surface area (Å²) in [6, 6.07) is 13.3. The molecule has 0 bridgehead atoms. The molecule has 0 radical (unpaired) electrons. The molecule has 1 aromatic heterocycles. The Labute approximate surface area is 137 Å². The first kappa shape index (κ1) is 17.0. The van der Waals surface area contributed by atoms with Crippen molar-refractivity contribution in [3.8, 4) is 0 Å². The first-order valence-electron chi connectivity index (χ1n) is 7.44. The molecule has 2 rings (SSSR count). The van der Waals surface area contributed by atoms with E-state index in [0.717, 1.165) is 17.7 Å². The summed E-state index contributed by atoms with van der Waals surface area (Å²) in [5.74, 6) is 0.397. The third-order valence-electron chi connectivity index (χ3n) is 3.20. The van der Waals surface area contributed by atoms with E-state index in [-0.39, 0.29) is 5.75 Å². The van der Waals surface area contributed by atoms with Crippen molar-refractivity contribution < 1.29 is 8.42 Å². The van der Waals surface area contributed by atoms with Gasteiger partial charge in [0.05, 0.1) is 17.6 Å². The van der Waals surface area contributed by atoms with E-state index < -0.39 is 10.0 Å². The molecule has 0 amide bonds. The Kier molecular flexibility index (Phi) is 6.17. The van der Waals surface area contributed by atoms with Crippen LogP contribution in [0.15, 0.2) is 61.3 Å². The van der Waals surface area contributed by atoms with Gasteiger partial charge in [-0.1, -0.05) is 36.4 Å². The van der Waals surface area contributed by atoms with Gasteiger partial charge in [-0.05, 0) is 30.5 Å². The maximum Gasteiger partial charge on any atom is 0.233 e. The molecule has 122 valence electrons. The second-order valence-corrected chi connectivity index (χ2v) is 6.95. The zero-order valence-corrected chi connectivity index (χ0v) is 13.7. The molecule has 0 atom stereocenters. The number of benzene rings is 1. The van der Waals surface area contributed by atoms with Crippen molar-refractivity contribution in [3.05, 3.63) is 66.9 Å². The number of nitrogens with zero attached hydrogens (tertiary/aromatic N) is 1. The number of nitrogens with one attached hydrogen (secondary N) is 2. The number of anilines is 2. The van der Waals surface area contributed by atoms with Crippen molar-refractivity contribution in [2.45, 2.75) is 12.8 Å². The third kappa shape index (κ3) is 6.12. The highest BCUT2D eigenvalue weighted by molar-refractivity contribution is 7.92. The van der Waals surface area contributed by atoms with Gasteiger partial charge in [0.2, 0.25) is 10.0 Å². The van der Waals surface area contributed by atoms with Crippen LogP contribution < -0.4 is 10.0 Å². The van der Waals surface area contributed by atoms with Gasteiger partial charge in [0.25, 0.3) is 0 Å². The van der Waals surface area contributed by atoms with Crippen molar-refractivity contribution in [1.82, 2.24) is 4.98 Å². The van der Waals surface area contributed by atoms with Gasteiger partial charge in [0, 0.05) is 6.54 Å². The Morgan fingerprint density at radius 2 is 1.91 bits per heavy atom. The molecule has 0 aliphatic rings. The normalized spacial score (nSPS) is 11.0. The summed E-state index contributed by atoms with van der Waals surface area (Å²) in [6.45, 7) is 4.25. The van der Waals surface area contributed by atoms with Gasteiger partial charge in [-0.15, -0.1) is 6.58 Å². The summed E-state index contributed by atoms with van der Waals surface area (Å²) >= 11 is 0. The predicted octanol–water partition coefficient (Wildman–Crippen LogP) is 3.05. The van der Waals surface area contributed by atoms with Crippen molar-refractivity contribution >= 4 is 21.5 Å². The molecule has 6 heteroatoms. The molecule has 0 aliphatic heterocycles. The number of aromatic nitrogens is 1. The van der Waals surface area contributed by atoms with Gasteiger partial charge in [0.1, 0.15) is 5.82 Å². The minimum atomic E-state index is -3.38. The summed E-state index contributed by atoms with van der Waals surface area (Å²) in [7, 11) is -3.38. The van der Waals surface area contributed by atoms with Crippen LogP contribution in [0.5, 0.6) is 0 Å². The SMILES string of the molecule is C=CCNc1ccc(NS(=O)(=O)CCCc2ccccc2)nc1. The predicted molar refractivity (Wildman–Crippen MR) is 95.1 cm³/mol. The standard InChI is InChI=1S/C17H21N3O2S/c1-2-12-18-16-10-11-17(19-14-16)20-23(21,22)13-6-9-15-7-4-3-5-8-15/h2-5,7-8,10-11,14,18H,1,6,9,12-13H2,(H,19,20). The highest BCUT2D eigenvalue weighted by Crippen LogP contribution is 2.12. The number of sulfonamides is 1. The molecule has 1 aromatic carbocycles. The Morgan fingerprint density at radius 1 is 1.13 bits per heavy atom. The number of rotatable bonds is 9.